The number of benzene rings is 1. The number of hydrogen-bond acceptors (Lipinski definition) is 7. The topological polar surface area (TPSA) is 86.0 Å². The van der Waals surface area contributed by atoms with E-state index in [9.17, 15) is 4.79 Å². The minimum absolute atomic E-state index is 0.223. The molecule has 0 aliphatic carbocycles. The molecule has 0 fully saturated rings. The molecule has 0 N–H and O–H groups in total. The van der Waals surface area contributed by atoms with E-state index in [4.69, 9.17) is 21.3 Å². The van der Waals surface area contributed by atoms with Crippen LogP contribution in [0.1, 0.15) is 27.3 Å². The average Bonchev–Trinajstić information content (AvgIpc) is 3.20. The van der Waals surface area contributed by atoms with Gasteiger partial charge < -0.3 is 4.74 Å². The normalized spacial score (nSPS) is 13.5. The van der Waals surface area contributed by atoms with Gasteiger partial charge in [-0.3, -0.25) is 9.88 Å². The fourth-order valence-corrected chi connectivity index (χ4v) is 4.22. The molecule has 4 aromatic rings. The Morgan fingerprint density at radius 2 is 2.00 bits per heavy atom. The maximum absolute atomic E-state index is 12.4. The van der Waals surface area contributed by atoms with E-state index in [2.05, 4.69) is 20.0 Å². The molecule has 33 heavy (non-hydrogen) atoms. The molecule has 0 saturated heterocycles. The largest absolute Gasteiger partial charge is 0.464 e. The van der Waals surface area contributed by atoms with Crippen molar-refractivity contribution in [1.29, 1.82) is 0 Å². The van der Waals surface area contributed by atoms with Gasteiger partial charge in [0.25, 0.3) is 0 Å². The Morgan fingerprint density at radius 1 is 1.15 bits per heavy atom. The number of methoxy groups -OCH3 is 1. The molecule has 1 aliphatic heterocycles. The summed E-state index contributed by atoms with van der Waals surface area (Å²) >= 11 is 6.71. The summed E-state index contributed by atoms with van der Waals surface area (Å²) in [6, 6.07) is 13.3. The number of fused-ring (bicyclic) bond motifs is 1. The zero-order chi connectivity index (χ0) is 22.8. The van der Waals surface area contributed by atoms with Crippen molar-refractivity contribution in [3.63, 3.8) is 0 Å². The third-order valence-corrected chi connectivity index (χ3v) is 6.00. The first-order valence-electron chi connectivity index (χ1n) is 10.5. The van der Waals surface area contributed by atoms with Crippen LogP contribution in [0.15, 0.2) is 61.1 Å². The molecule has 5 rings (SSSR count). The van der Waals surface area contributed by atoms with Crippen LogP contribution in [-0.2, 0) is 24.2 Å². The average molecular weight is 461 g/mol. The maximum atomic E-state index is 12.4. The smallest absolute Gasteiger partial charge is 0.358 e. The van der Waals surface area contributed by atoms with Crippen molar-refractivity contribution in [3.8, 4) is 17.1 Å². The summed E-state index contributed by atoms with van der Waals surface area (Å²) in [5.74, 6) is 0.166. The molecule has 9 heteroatoms. The third kappa shape index (κ3) is 4.22. The van der Waals surface area contributed by atoms with Gasteiger partial charge in [0.1, 0.15) is 5.15 Å². The molecule has 0 amide bonds. The lowest BCUT2D eigenvalue weighted by molar-refractivity contribution is 0.0591. The van der Waals surface area contributed by atoms with Crippen LogP contribution in [0.4, 0.5) is 0 Å². The highest BCUT2D eigenvalue weighted by molar-refractivity contribution is 6.31. The second-order valence-electron chi connectivity index (χ2n) is 7.72. The Labute approximate surface area is 195 Å². The first kappa shape index (κ1) is 21.2. The molecule has 1 aliphatic rings. The van der Waals surface area contributed by atoms with Gasteiger partial charge in [-0.1, -0.05) is 29.8 Å². The van der Waals surface area contributed by atoms with Gasteiger partial charge in [-0.05, 0) is 24.3 Å². The number of carbonyl (C=O) groups is 1. The lowest BCUT2D eigenvalue weighted by Gasteiger charge is -2.28. The molecular formula is C24H21ClN6O2. The van der Waals surface area contributed by atoms with Crippen LogP contribution >= 0.6 is 11.6 Å². The summed E-state index contributed by atoms with van der Waals surface area (Å²) in [5, 5.41) is 4.86. The molecule has 0 unspecified atom stereocenters. The highest BCUT2D eigenvalue weighted by atomic mass is 35.5. The summed E-state index contributed by atoms with van der Waals surface area (Å²) in [7, 11) is 1.34. The summed E-state index contributed by atoms with van der Waals surface area (Å²) < 4.78 is 6.54. The Morgan fingerprint density at radius 3 is 2.76 bits per heavy atom. The van der Waals surface area contributed by atoms with Crippen molar-refractivity contribution in [2.75, 3.05) is 13.7 Å². The van der Waals surface area contributed by atoms with E-state index in [0.29, 0.717) is 29.6 Å². The molecule has 0 radical (unpaired) electrons. The molecule has 0 atom stereocenters. The van der Waals surface area contributed by atoms with E-state index in [0.717, 1.165) is 35.5 Å². The van der Waals surface area contributed by atoms with E-state index in [1.165, 1.54) is 7.11 Å². The number of ether oxygens (including phenoxy) is 1. The Kier molecular flexibility index (Phi) is 5.85. The minimum atomic E-state index is -0.511. The van der Waals surface area contributed by atoms with E-state index >= 15 is 0 Å². The molecule has 1 aromatic carbocycles. The quantitative estimate of drug-likeness (QED) is 0.419. The van der Waals surface area contributed by atoms with Crippen LogP contribution in [0.2, 0.25) is 5.15 Å². The fraction of sp³-hybridized carbons (Fsp3) is 0.208. The van der Waals surface area contributed by atoms with Crippen molar-refractivity contribution in [1.82, 2.24) is 29.6 Å². The zero-order valence-electron chi connectivity index (χ0n) is 18.0. The Balaban J connectivity index is 1.41. The first-order chi connectivity index (χ1) is 16.1. The van der Waals surface area contributed by atoms with Gasteiger partial charge >= 0.3 is 5.97 Å². The minimum Gasteiger partial charge on any atom is -0.464 e. The maximum Gasteiger partial charge on any atom is 0.358 e. The number of rotatable bonds is 5. The van der Waals surface area contributed by atoms with Crippen LogP contribution in [-0.4, -0.2) is 49.3 Å². The Bertz CT molecular complexity index is 1290. The molecule has 166 valence electrons. The van der Waals surface area contributed by atoms with E-state index < -0.39 is 5.97 Å². The molecule has 4 heterocycles. The van der Waals surface area contributed by atoms with Crippen LogP contribution < -0.4 is 0 Å². The number of aromatic nitrogens is 5. The number of carbonyl (C=O) groups excluding carboxylic acids is 1. The summed E-state index contributed by atoms with van der Waals surface area (Å²) in [4.78, 5) is 28.1. The van der Waals surface area contributed by atoms with E-state index in [1.54, 1.807) is 17.1 Å². The van der Waals surface area contributed by atoms with Crippen molar-refractivity contribution < 1.29 is 9.53 Å². The predicted molar refractivity (Wildman–Crippen MR) is 123 cm³/mol. The predicted octanol–water partition coefficient (Wildman–Crippen LogP) is 3.72. The van der Waals surface area contributed by atoms with Crippen LogP contribution in [0.3, 0.4) is 0 Å². The highest BCUT2D eigenvalue weighted by Crippen LogP contribution is 2.28. The monoisotopic (exact) mass is 460 g/mol. The van der Waals surface area contributed by atoms with Gasteiger partial charge in [-0.15, -0.1) is 0 Å². The van der Waals surface area contributed by atoms with Crippen molar-refractivity contribution >= 4 is 17.6 Å². The zero-order valence-corrected chi connectivity index (χ0v) is 18.7. The molecule has 0 bridgehead atoms. The molecule has 0 saturated carbocycles. The van der Waals surface area contributed by atoms with Gasteiger partial charge in [0.05, 0.1) is 18.5 Å². The number of pyridine rings is 1. The summed E-state index contributed by atoms with van der Waals surface area (Å²) in [6.07, 6.45) is 6.13. The SMILES string of the molecule is COC(=O)c1nn(-c2ccccc2)c(Cl)c1CN1CCc2nc(-c3cccnc3)ncc2C1. The number of halogens is 1. The van der Waals surface area contributed by atoms with Crippen molar-refractivity contribution in [3.05, 3.63) is 88.7 Å². The van der Waals surface area contributed by atoms with Crippen molar-refractivity contribution in [2.24, 2.45) is 0 Å². The fourth-order valence-electron chi connectivity index (χ4n) is 3.94. The van der Waals surface area contributed by atoms with E-state index in [1.807, 2.05) is 48.7 Å². The number of esters is 1. The Hall–Kier alpha value is -3.62. The van der Waals surface area contributed by atoms with Gasteiger partial charge in [0, 0.05) is 61.3 Å². The van der Waals surface area contributed by atoms with Gasteiger partial charge in [-0.2, -0.15) is 5.10 Å². The highest BCUT2D eigenvalue weighted by Gasteiger charge is 2.27. The van der Waals surface area contributed by atoms with Gasteiger partial charge in [0.15, 0.2) is 11.5 Å². The standard InChI is InChI=1S/C24H21ClN6O2/c1-33-24(32)21-19(22(25)31(29-21)18-7-3-2-4-8-18)15-30-11-9-20-17(14-30)13-27-23(28-20)16-6-5-10-26-12-16/h2-8,10,12-13H,9,11,14-15H2,1H3. The van der Waals surface area contributed by atoms with Crippen LogP contribution in [0.25, 0.3) is 17.1 Å². The molecular weight excluding hydrogens is 440 g/mol. The third-order valence-electron chi connectivity index (χ3n) is 5.61. The summed E-state index contributed by atoms with van der Waals surface area (Å²) in [6.45, 7) is 1.87. The van der Waals surface area contributed by atoms with Crippen LogP contribution in [0, 0.1) is 0 Å². The molecule has 8 nitrogen and oxygen atoms in total. The molecule has 3 aromatic heterocycles. The lowest BCUT2D eigenvalue weighted by atomic mass is 10.1. The molecule has 0 spiro atoms. The van der Waals surface area contributed by atoms with Crippen LogP contribution in [0.5, 0.6) is 0 Å². The number of hydrogen-bond donors (Lipinski definition) is 0. The first-order valence-corrected chi connectivity index (χ1v) is 10.9. The van der Waals surface area contributed by atoms with Gasteiger partial charge in [0.2, 0.25) is 0 Å². The van der Waals surface area contributed by atoms with Gasteiger partial charge in [-0.25, -0.2) is 19.4 Å². The lowest BCUT2D eigenvalue weighted by Crippen LogP contribution is -2.31. The summed E-state index contributed by atoms with van der Waals surface area (Å²) in [5.41, 5.74) is 4.62. The number of nitrogens with zero attached hydrogens (tertiary/aromatic N) is 6. The van der Waals surface area contributed by atoms with Crippen molar-refractivity contribution in [2.45, 2.75) is 19.5 Å². The second kappa shape index (κ2) is 9.09. The van der Waals surface area contributed by atoms with E-state index in [-0.39, 0.29) is 5.69 Å². The number of para-hydroxylation sites is 1. The second-order valence-corrected chi connectivity index (χ2v) is 8.08.